The summed E-state index contributed by atoms with van der Waals surface area (Å²) >= 11 is 0. The number of hydrogen-bond donors (Lipinski definition) is 3. The molecule has 0 saturated carbocycles. The lowest BCUT2D eigenvalue weighted by molar-refractivity contribution is 0.215. The summed E-state index contributed by atoms with van der Waals surface area (Å²) in [5, 5.41) is 23.6. The predicted molar refractivity (Wildman–Crippen MR) is 43.0 cm³/mol. The number of rotatable bonds is 6. The van der Waals surface area contributed by atoms with Crippen LogP contribution in [0, 0.1) is 5.41 Å². The number of hydrogen-bond acceptors (Lipinski definition) is 3. The molecule has 0 aromatic carbocycles. The fourth-order valence-electron chi connectivity index (χ4n) is 0.612. The second-order valence-electron chi connectivity index (χ2n) is 1.88. The Bertz CT molecular complexity index is 121. The van der Waals surface area contributed by atoms with Gasteiger partial charge in [0.2, 0.25) is 0 Å². The minimum atomic E-state index is 0.0179. The Kier molecular flexibility index (Phi) is 6.56. The van der Waals surface area contributed by atoms with Crippen LogP contribution in [0.4, 0.5) is 0 Å². The van der Waals surface area contributed by atoms with Crippen molar-refractivity contribution in [2.75, 3.05) is 26.3 Å². The zero-order valence-electron chi connectivity index (χ0n) is 6.27. The average molecular weight is 159 g/mol. The van der Waals surface area contributed by atoms with E-state index in [2.05, 4.69) is 4.99 Å². The van der Waals surface area contributed by atoms with Gasteiger partial charge in [-0.2, -0.15) is 0 Å². The number of aliphatic hydroxyl groups is 2. The molecule has 0 bridgehead atoms. The van der Waals surface area contributed by atoms with Crippen LogP contribution in [0.5, 0.6) is 0 Å². The van der Waals surface area contributed by atoms with Gasteiger partial charge < -0.3 is 15.1 Å². The summed E-state index contributed by atoms with van der Waals surface area (Å²) in [5.74, 6) is 0. The number of aliphatic imine (C=N–C) groups is 1. The minimum Gasteiger partial charge on any atom is -0.395 e. The van der Waals surface area contributed by atoms with Gasteiger partial charge in [-0.25, -0.2) is 4.99 Å². The molecule has 0 spiro atoms. The molecule has 0 unspecified atom stereocenters. The molecule has 0 heterocycles. The third kappa shape index (κ3) is 5.50. The highest BCUT2D eigenvalue weighted by Gasteiger charge is 1.95. The Morgan fingerprint density at radius 1 is 1.27 bits per heavy atom. The maximum atomic E-state index is 8.52. The van der Waals surface area contributed by atoms with Crippen LogP contribution in [0.15, 0.2) is 4.99 Å². The van der Waals surface area contributed by atoms with E-state index in [0.29, 0.717) is 13.1 Å². The third-order valence-electron chi connectivity index (χ3n) is 1.08. The highest BCUT2D eigenvalue weighted by molar-refractivity contribution is 5.69. The van der Waals surface area contributed by atoms with Crippen molar-refractivity contribution in [3.63, 3.8) is 0 Å². The zero-order valence-corrected chi connectivity index (χ0v) is 6.27. The first kappa shape index (κ1) is 10.1. The average Bonchev–Trinajstić information content (AvgIpc) is 2.01. The quantitative estimate of drug-likeness (QED) is 0.340. The molecule has 3 N–H and O–H groups in total. The van der Waals surface area contributed by atoms with Crippen molar-refractivity contribution in [2.24, 2.45) is 4.99 Å². The van der Waals surface area contributed by atoms with Gasteiger partial charge in [-0.1, -0.05) is 0 Å². The third-order valence-corrected chi connectivity index (χ3v) is 1.08. The first-order chi connectivity index (χ1) is 5.35. The van der Waals surface area contributed by atoms with E-state index in [0.717, 1.165) is 6.34 Å². The van der Waals surface area contributed by atoms with Crippen LogP contribution in [0.1, 0.15) is 0 Å². The number of nitrogens with zero attached hydrogens (tertiary/aromatic N) is 2. The van der Waals surface area contributed by atoms with Crippen molar-refractivity contribution in [1.82, 2.24) is 4.90 Å². The lowest BCUT2D eigenvalue weighted by Gasteiger charge is -2.15. The summed E-state index contributed by atoms with van der Waals surface area (Å²) < 4.78 is 0. The maximum absolute atomic E-state index is 8.52. The van der Waals surface area contributed by atoms with Crippen LogP contribution in [0.2, 0.25) is 0 Å². The van der Waals surface area contributed by atoms with Crippen LogP contribution >= 0.6 is 0 Å². The summed E-state index contributed by atoms with van der Waals surface area (Å²) in [6.07, 6.45) is 2.32. The van der Waals surface area contributed by atoms with Gasteiger partial charge in [0.1, 0.15) is 6.34 Å². The first-order valence-corrected chi connectivity index (χ1v) is 3.33. The molecule has 0 fully saturated rings. The topological polar surface area (TPSA) is 79.9 Å². The van der Waals surface area contributed by atoms with Gasteiger partial charge in [0.15, 0.2) is 0 Å². The Morgan fingerprint density at radius 2 is 1.82 bits per heavy atom. The van der Waals surface area contributed by atoms with Crippen molar-refractivity contribution in [1.29, 1.82) is 5.41 Å². The van der Waals surface area contributed by atoms with E-state index in [9.17, 15) is 0 Å². The summed E-state index contributed by atoms with van der Waals surface area (Å²) in [4.78, 5) is 5.16. The second-order valence-corrected chi connectivity index (χ2v) is 1.88. The molecule has 0 aliphatic heterocycles. The van der Waals surface area contributed by atoms with E-state index in [-0.39, 0.29) is 13.2 Å². The van der Waals surface area contributed by atoms with Crippen LogP contribution in [0.25, 0.3) is 0 Å². The largest absolute Gasteiger partial charge is 0.395 e. The highest BCUT2D eigenvalue weighted by Crippen LogP contribution is 1.80. The maximum Gasteiger partial charge on any atom is 0.108 e. The molecule has 0 aromatic heterocycles. The van der Waals surface area contributed by atoms with Crippen molar-refractivity contribution in [2.45, 2.75) is 0 Å². The van der Waals surface area contributed by atoms with Crippen molar-refractivity contribution >= 4 is 12.7 Å². The van der Waals surface area contributed by atoms with Crippen molar-refractivity contribution in [3.05, 3.63) is 0 Å². The van der Waals surface area contributed by atoms with E-state index in [4.69, 9.17) is 15.6 Å². The van der Waals surface area contributed by atoms with Gasteiger partial charge in [-0.3, -0.25) is 5.41 Å². The van der Waals surface area contributed by atoms with Gasteiger partial charge in [-0.05, 0) is 0 Å². The molecule has 11 heavy (non-hydrogen) atoms. The molecule has 0 radical (unpaired) electrons. The molecule has 0 rings (SSSR count). The molecule has 0 aromatic rings. The second kappa shape index (κ2) is 7.17. The minimum absolute atomic E-state index is 0.0179. The smallest absolute Gasteiger partial charge is 0.108 e. The zero-order chi connectivity index (χ0) is 8.53. The van der Waals surface area contributed by atoms with Crippen LogP contribution in [-0.4, -0.2) is 54.1 Å². The summed E-state index contributed by atoms with van der Waals surface area (Å²) in [6.45, 7) is 0.893. The highest BCUT2D eigenvalue weighted by atomic mass is 16.3. The van der Waals surface area contributed by atoms with Crippen molar-refractivity contribution < 1.29 is 10.2 Å². The van der Waals surface area contributed by atoms with E-state index >= 15 is 0 Å². The molecule has 0 aliphatic carbocycles. The van der Waals surface area contributed by atoms with Gasteiger partial charge in [0, 0.05) is 13.1 Å². The van der Waals surface area contributed by atoms with Crippen LogP contribution in [0.3, 0.4) is 0 Å². The number of aliphatic hydroxyl groups excluding tert-OH is 2. The molecule has 0 amide bonds. The van der Waals surface area contributed by atoms with Gasteiger partial charge >= 0.3 is 0 Å². The standard InChI is InChI=1S/C6H13N3O2/c7-5-8-6-9(1-3-10)2-4-11/h5-7,10-11H,1-4H2. The fraction of sp³-hybridized carbons (Fsp3) is 0.667. The molecule has 5 heteroatoms. The lowest BCUT2D eigenvalue weighted by Crippen LogP contribution is -2.28. The molecule has 0 aliphatic rings. The van der Waals surface area contributed by atoms with E-state index in [1.807, 2.05) is 0 Å². The van der Waals surface area contributed by atoms with E-state index in [1.165, 1.54) is 6.34 Å². The Hall–Kier alpha value is -0.940. The normalized spacial score (nSPS) is 10.4. The molecule has 64 valence electrons. The molecular formula is C6H13N3O2. The summed E-state index contributed by atoms with van der Waals surface area (Å²) in [5.41, 5.74) is 0. The SMILES string of the molecule is N=CN=CN(CCO)CCO. The first-order valence-electron chi connectivity index (χ1n) is 3.33. The van der Waals surface area contributed by atoms with E-state index < -0.39 is 0 Å². The van der Waals surface area contributed by atoms with Gasteiger partial charge in [0.05, 0.1) is 19.6 Å². The Labute approximate surface area is 65.5 Å². The van der Waals surface area contributed by atoms with Gasteiger partial charge in [0.25, 0.3) is 0 Å². The summed E-state index contributed by atoms with van der Waals surface area (Å²) in [6, 6.07) is 0. The predicted octanol–water partition coefficient (Wildman–Crippen LogP) is -1.09. The molecule has 5 nitrogen and oxygen atoms in total. The van der Waals surface area contributed by atoms with Crippen molar-refractivity contribution in [3.8, 4) is 0 Å². The van der Waals surface area contributed by atoms with Gasteiger partial charge in [-0.15, -0.1) is 0 Å². The summed E-state index contributed by atoms with van der Waals surface area (Å²) in [7, 11) is 0. The lowest BCUT2D eigenvalue weighted by atomic mass is 10.5. The van der Waals surface area contributed by atoms with Crippen LogP contribution < -0.4 is 0 Å². The van der Waals surface area contributed by atoms with E-state index in [1.54, 1.807) is 4.90 Å². The molecule has 0 atom stereocenters. The molecular weight excluding hydrogens is 146 g/mol. The van der Waals surface area contributed by atoms with Crippen LogP contribution in [-0.2, 0) is 0 Å². The molecule has 0 saturated heterocycles. The monoisotopic (exact) mass is 159 g/mol. The Morgan fingerprint density at radius 3 is 2.18 bits per heavy atom. The fourth-order valence-corrected chi connectivity index (χ4v) is 0.612. The Balaban J connectivity index is 3.67. The number of nitrogens with one attached hydrogen (secondary N) is 1.